The van der Waals surface area contributed by atoms with Crippen LogP contribution in [0.3, 0.4) is 0 Å². The zero-order chi connectivity index (χ0) is 21.8. The maximum absolute atomic E-state index is 12.6. The number of carboxylic acid groups (broad SMARTS) is 1. The van der Waals surface area contributed by atoms with Crippen LogP contribution in [0.1, 0.15) is 19.3 Å². The molecule has 1 aromatic rings. The molecule has 1 aromatic heterocycles. The molecule has 0 aromatic carbocycles. The third-order valence-electron chi connectivity index (χ3n) is 4.37. The van der Waals surface area contributed by atoms with Crippen molar-refractivity contribution in [3.05, 3.63) is 11.3 Å². The molecule has 30 heavy (non-hydrogen) atoms. The second-order valence-electron chi connectivity index (χ2n) is 6.27. The number of hydrogen-bond donors (Lipinski definition) is 4. The summed E-state index contributed by atoms with van der Waals surface area (Å²) in [4.78, 5) is 48.7. The number of carbonyl (C=O) groups is 4. The minimum absolute atomic E-state index is 0.000795. The van der Waals surface area contributed by atoms with Gasteiger partial charge < -0.3 is 16.2 Å². The number of nitriles is 1. The van der Waals surface area contributed by atoms with E-state index in [0.717, 1.165) is 16.7 Å². The van der Waals surface area contributed by atoms with Gasteiger partial charge in [0.15, 0.2) is 0 Å². The Balaban J connectivity index is 1.88. The van der Waals surface area contributed by atoms with E-state index in [1.54, 1.807) is 6.07 Å². The molecule has 158 valence electrons. The molecule has 5 N–H and O–H groups in total. The summed E-state index contributed by atoms with van der Waals surface area (Å²) in [5.74, 6) is -2.79. The number of rotatable bonds is 9. The Kier molecular flexibility index (Phi) is 6.57. The summed E-state index contributed by atoms with van der Waals surface area (Å²) in [6, 6.07) is 0.792. The number of nitrogens with two attached hydrogens (primary N) is 1. The van der Waals surface area contributed by atoms with E-state index in [1.807, 2.05) is 0 Å². The van der Waals surface area contributed by atoms with Gasteiger partial charge in [0, 0.05) is 17.4 Å². The van der Waals surface area contributed by atoms with Crippen molar-refractivity contribution < 1.29 is 24.3 Å². The summed E-state index contributed by atoms with van der Waals surface area (Å²) >= 11 is 2.39. The van der Waals surface area contributed by atoms with Crippen LogP contribution in [0.25, 0.3) is 0 Å². The number of carbonyl (C=O) groups excluding carboxylic acids is 3. The van der Waals surface area contributed by atoms with Crippen molar-refractivity contribution in [3.63, 3.8) is 0 Å². The predicted molar refractivity (Wildman–Crippen MR) is 102 cm³/mol. The highest BCUT2D eigenvalue weighted by molar-refractivity contribution is 8.01. The van der Waals surface area contributed by atoms with Gasteiger partial charge in [-0.25, -0.2) is 4.79 Å². The molecule has 0 bridgehead atoms. The molecule has 0 radical (unpaired) electrons. The molecule has 0 saturated carbocycles. The SMILES string of the molecule is N#CCC(=O)NC1C(=O)N2C(C(=O)O)=C(C(CCC(N)=O)Sc3nn[nH]n3)CS[C@@H]12. The normalized spacial score (nSPS) is 21.3. The standard InChI is InChI=1S/C15H16N8O5S2/c16-4-3-9(25)18-10-12(26)23-11(14(27)28)6(5-29-13(10)23)7(1-2-8(17)24)30-15-19-21-22-20-15/h7,10,13H,1-3,5H2,(H2,17,24)(H,18,25)(H,27,28)(H,19,20,21,22)/t7?,10?,13-/m0/s1. The van der Waals surface area contributed by atoms with Crippen LogP contribution >= 0.6 is 23.5 Å². The highest BCUT2D eigenvalue weighted by Gasteiger charge is 2.54. The number of carboxylic acids is 1. The van der Waals surface area contributed by atoms with Crippen LogP contribution in [0.4, 0.5) is 0 Å². The molecule has 2 aliphatic heterocycles. The number of β-lactam (4-membered cyclic amide) rings is 1. The second-order valence-corrected chi connectivity index (χ2v) is 8.55. The summed E-state index contributed by atoms with van der Waals surface area (Å²) in [5, 5.41) is 33.4. The van der Waals surface area contributed by atoms with Crippen molar-refractivity contribution in [3.8, 4) is 6.07 Å². The number of nitrogens with one attached hydrogen (secondary N) is 2. The smallest absolute Gasteiger partial charge is 0.352 e. The van der Waals surface area contributed by atoms with Crippen molar-refractivity contribution >= 4 is 47.2 Å². The van der Waals surface area contributed by atoms with Gasteiger partial charge >= 0.3 is 5.97 Å². The molecular formula is C15H16N8O5S2. The Morgan fingerprint density at radius 2 is 2.27 bits per heavy atom. The Hall–Kier alpha value is -3.12. The summed E-state index contributed by atoms with van der Waals surface area (Å²) in [7, 11) is 0. The highest BCUT2D eigenvalue weighted by Crippen LogP contribution is 2.44. The summed E-state index contributed by atoms with van der Waals surface area (Å²) in [6.45, 7) is 0. The van der Waals surface area contributed by atoms with Gasteiger partial charge in [-0.15, -0.1) is 22.0 Å². The first-order chi connectivity index (χ1) is 14.3. The van der Waals surface area contributed by atoms with Gasteiger partial charge in [-0.1, -0.05) is 11.8 Å². The lowest BCUT2D eigenvalue weighted by molar-refractivity contribution is -0.150. The van der Waals surface area contributed by atoms with E-state index in [9.17, 15) is 24.3 Å². The summed E-state index contributed by atoms with van der Waals surface area (Å²) < 4.78 is 0. The number of thioether (sulfide) groups is 2. The molecule has 2 unspecified atom stereocenters. The van der Waals surface area contributed by atoms with Gasteiger partial charge in [0.1, 0.15) is 23.5 Å². The van der Waals surface area contributed by atoms with Gasteiger partial charge in [0.25, 0.3) is 5.91 Å². The number of H-pyrrole nitrogens is 1. The van der Waals surface area contributed by atoms with E-state index < -0.39 is 46.8 Å². The van der Waals surface area contributed by atoms with Crippen molar-refractivity contribution in [1.82, 2.24) is 30.8 Å². The average Bonchev–Trinajstić information content (AvgIpc) is 3.21. The molecule has 0 aliphatic carbocycles. The van der Waals surface area contributed by atoms with Crippen LogP contribution in [0, 0.1) is 11.3 Å². The molecular weight excluding hydrogens is 436 g/mol. The highest BCUT2D eigenvalue weighted by atomic mass is 32.2. The van der Waals surface area contributed by atoms with Crippen LogP contribution < -0.4 is 11.1 Å². The Labute approximate surface area is 177 Å². The Morgan fingerprint density at radius 1 is 1.50 bits per heavy atom. The molecule has 0 spiro atoms. The zero-order valence-electron chi connectivity index (χ0n) is 15.3. The van der Waals surface area contributed by atoms with E-state index >= 15 is 0 Å². The van der Waals surface area contributed by atoms with Crippen LogP contribution in [-0.4, -0.2) is 76.7 Å². The lowest BCUT2D eigenvalue weighted by Crippen LogP contribution is -2.70. The minimum atomic E-state index is -1.30. The molecule has 3 amide bonds. The number of aromatic nitrogens is 4. The van der Waals surface area contributed by atoms with Gasteiger partial charge in [-0.05, 0) is 17.2 Å². The molecule has 3 rings (SSSR count). The van der Waals surface area contributed by atoms with Gasteiger partial charge in [0.2, 0.25) is 17.0 Å². The topological polar surface area (TPSA) is 208 Å². The maximum atomic E-state index is 12.6. The number of fused-ring (bicyclic) bond motifs is 1. The number of primary amides is 1. The van der Waals surface area contributed by atoms with Crippen molar-refractivity contribution in [2.45, 2.75) is 41.1 Å². The molecule has 1 saturated heterocycles. The number of tetrazole rings is 1. The van der Waals surface area contributed by atoms with E-state index in [-0.39, 0.29) is 29.4 Å². The average molecular weight is 452 g/mol. The van der Waals surface area contributed by atoms with Gasteiger partial charge in [0.05, 0.1) is 6.07 Å². The zero-order valence-corrected chi connectivity index (χ0v) is 16.9. The number of aliphatic carboxylic acids is 1. The lowest BCUT2D eigenvalue weighted by Gasteiger charge is -2.50. The third kappa shape index (κ3) is 4.39. The first kappa shape index (κ1) is 21.6. The molecule has 15 heteroatoms. The maximum Gasteiger partial charge on any atom is 0.352 e. The van der Waals surface area contributed by atoms with Crippen LogP contribution in [0.2, 0.25) is 0 Å². The number of aromatic amines is 1. The quantitative estimate of drug-likeness (QED) is 0.252. The minimum Gasteiger partial charge on any atom is -0.477 e. The van der Waals surface area contributed by atoms with Gasteiger partial charge in [-0.3, -0.25) is 19.3 Å². The Bertz CT molecular complexity index is 943. The molecule has 1 fully saturated rings. The second kappa shape index (κ2) is 9.13. The van der Waals surface area contributed by atoms with Crippen molar-refractivity contribution in [1.29, 1.82) is 5.26 Å². The first-order valence-electron chi connectivity index (χ1n) is 8.59. The van der Waals surface area contributed by atoms with Gasteiger partial charge in [-0.2, -0.15) is 10.5 Å². The lowest BCUT2D eigenvalue weighted by atomic mass is 9.99. The fourth-order valence-corrected chi connectivity index (χ4v) is 5.63. The summed E-state index contributed by atoms with van der Waals surface area (Å²) in [5.41, 5.74) is 5.48. The first-order valence-corrected chi connectivity index (χ1v) is 10.5. The number of amides is 3. The van der Waals surface area contributed by atoms with Crippen LogP contribution in [0.15, 0.2) is 16.4 Å². The van der Waals surface area contributed by atoms with Crippen molar-refractivity contribution in [2.24, 2.45) is 5.73 Å². The number of hydrogen-bond acceptors (Lipinski definition) is 10. The summed E-state index contributed by atoms with van der Waals surface area (Å²) in [6.07, 6.45) is -0.179. The Morgan fingerprint density at radius 3 is 2.87 bits per heavy atom. The molecule has 3 atom stereocenters. The van der Waals surface area contributed by atoms with Crippen LogP contribution in [-0.2, 0) is 19.2 Å². The fourth-order valence-electron chi connectivity index (χ4n) is 3.09. The number of nitrogens with zero attached hydrogens (tertiary/aromatic N) is 5. The molecule has 13 nitrogen and oxygen atoms in total. The monoisotopic (exact) mass is 452 g/mol. The largest absolute Gasteiger partial charge is 0.477 e. The van der Waals surface area contributed by atoms with Crippen LogP contribution in [0.5, 0.6) is 0 Å². The van der Waals surface area contributed by atoms with E-state index in [4.69, 9.17) is 11.0 Å². The van der Waals surface area contributed by atoms with Crippen molar-refractivity contribution in [2.75, 3.05) is 5.75 Å². The third-order valence-corrected chi connectivity index (χ3v) is 6.86. The molecule has 2 aliphatic rings. The van der Waals surface area contributed by atoms with E-state index in [2.05, 4.69) is 25.9 Å². The molecule has 3 heterocycles. The van der Waals surface area contributed by atoms with E-state index in [0.29, 0.717) is 5.57 Å². The predicted octanol–water partition coefficient (Wildman–Crippen LogP) is -1.42. The van der Waals surface area contributed by atoms with E-state index in [1.165, 1.54) is 11.8 Å². The fraction of sp³-hybridized carbons (Fsp3) is 0.467.